The van der Waals surface area contributed by atoms with Crippen molar-refractivity contribution < 1.29 is 14.3 Å². The van der Waals surface area contributed by atoms with Gasteiger partial charge < -0.3 is 20.7 Å². The summed E-state index contributed by atoms with van der Waals surface area (Å²) in [4.78, 5) is 26.9. The van der Waals surface area contributed by atoms with Crippen LogP contribution in [0.2, 0.25) is 0 Å². The molecule has 0 aromatic carbocycles. The molecule has 0 radical (unpaired) electrons. The lowest BCUT2D eigenvalue weighted by molar-refractivity contribution is -0.139. The van der Waals surface area contributed by atoms with Crippen molar-refractivity contribution in [1.82, 2.24) is 10.2 Å². The molecular formula is C17H29N3O3. The fourth-order valence-electron chi connectivity index (χ4n) is 4.50. The smallest absolute Gasteiger partial charge is 0.245 e. The Morgan fingerprint density at radius 3 is 2.70 bits per heavy atom. The Kier molecular flexibility index (Phi) is 4.65. The fourth-order valence-corrected chi connectivity index (χ4v) is 4.50. The molecule has 1 spiro atoms. The van der Waals surface area contributed by atoms with Crippen LogP contribution < -0.4 is 11.1 Å². The van der Waals surface area contributed by atoms with Gasteiger partial charge in [-0.05, 0) is 24.2 Å². The van der Waals surface area contributed by atoms with E-state index in [2.05, 4.69) is 5.32 Å². The first-order chi connectivity index (χ1) is 11.0. The summed E-state index contributed by atoms with van der Waals surface area (Å²) in [7, 11) is 0. The highest BCUT2D eigenvalue weighted by Crippen LogP contribution is 2.55. The minimum absolute atomic E-state index is 0.0467. The van der Waals surface area contributed by atoms with Crippen LogP contribution in [0.25, 0.3) is 0 Å². The van der Waals surface area contributed by atoms with Gasteiger partial charge in [-0.3, -0.25) is 9.59 Å². The van der Waals surface area contributed by atoms with Crippen LogP contribution in [0.5, 0.6) is 0 Å². The summed E-state index contributed by atoms with van der Waals surface area (Å²) < 4.78 is 5.69. The highest BCUT2D eigenvalue weighted by Gasteiger charge is 2.59. The van der Waals surface area contributed by atoms with Crippen LogP contribution >= 0.6 is 0 Å². The summed E-state index contributed by atoms with van der Waals surface area (Å²) in [5.74, 6) is 0.352. The molecule has 130 valence electrons. The minimum atomic E-state index is -0.479. The largest absolute Gasteiger partial charge is 0.379 e. The van der Waals surface area contributed by atoms with E-state index in [1.165, 1.54) is 19.3 Å². The maximum Gasteiger partial charge on any atom is 0.245 e. The molecule has 0 bridgehead atoms. The standard InChI is InChI=1S/C17H29N3O3/c1-3-11(2)15(19-14(21)7-18)16(22)20-10-17(5-4-6-17)12-8-23-9-13(12)20/h11-13,15H,3-10,18H2,1-2H3,(H,19,21)/t11-,12+,13-,15-/m0/s1. The zero-order valence-electron chi connectivity index (χ0n) is 14.2. The van der Waals surface area contributed by atoms with Gasteiger partial charge in [-0.15, -0.1) is 0 Å². The van der Waals surface area contributed by atoms with E-state index >= 15 is 0 Å². The average Bonchev–Trinajstić information content (AvgIpc) is 3.10. The Morgan fingerprint density at radius 1 is 1.39 bits per heavy atom. The van der Waals surface area contributed by atoms with E-state index in [1.54, 1.807) is 0 Å². The fraction of sp³-hybridized carbons (Fsp3) is 0.882. The minimum Gasteiger partial charge on any atom is -0.379 e. The number of nitrogens with one attached hydrogen (secondary N) is 1. The van der Waals surface area contributed by atoms with Crippen molar-refractivity contribution in [2.24, 2.45) is 23.0 Å². The predicted octanol–water partition coefficient (Wildman–Crippen LogP) is 0.504. The number of hydrogen-bond acceptors (Lipinski definition) is 4. The van der Waals surface area contributed by atoms with Crippen molar-refractivity contribution in [3.05, 3.63) is 0 Å². The number of hydrogen-bond donors (Lipinski definition) is 2. The molecule has 3 rings (SSSR count). The molecule has 2 heterocycles. The van der Waals surface area contributed by atoms with Crippen molar-refractivity contribution in [2.75, 3.05) is 26.3 Å². The summed E-state index contributed by atoms with van der Waals surface area (Å²) in [5.41, 5.74) is 5.69. The third-order valence-corrected chi connectivity index (χ3v) is 6.34. The first-order valence-corrected chi connectivity index (χ1v) is 8.90. The Morgan fingerprint density at radius 2 is 2.13 bits per heavy atom. The van der Waals surface area contributed by atoms with E-state index in [4.69, 9.17) is 10.5 Å². The molecule has 3 N–H and O–H groups in total. The number of fused-ring (bicyclic) bond motifs is 2. The van der Waals surface area contributed by atoms with Gasteiger partial charge in [0.1, 0.15) is 6.04 Å². The Bertz CT molecular complexity index is 478. The summed E-state index contributed by atoms with van der Waals surface area (Å²) in [6.07, 6.45) is 4.49. The number of rotatable bonds is 5. The number of nitrogens with zero attached hydrogens (tertiary/aromatic N) is 1. The number of carbonyl (C=O) groups excluding carboxylic acids is 2. The van der Waals surface area contributed by atoms with E-state index in [0.717, 1.165) is 19.6 Å². The average molecular weight is 323 g/mol. The molecule has 0 unspecified atom stereocenters. The number of carbonyl (C=O) groups is 2. The number of likely N-dealkylation sites (tertiary alicyclic amines) is 1. The quantitative estimate of drug-likeness (QED) is 0.772. The molecule has 4 atom stereocenters. The van der Waals surface area contributed by atoms with Crippen molar-refractivity contribution in [2.45, 2.75) is 51.6 Å². The van der Waals surface area contributed by atoms with Crippen LogP contribution in [-0.2, 0) is 14.3 Å². The molecule has 1 saturated carbocycles. The van der Waals surface area contributed by atoms with Gasteiger partial charge in [-0.2, -0.15) is 0 Å². The van der Waals surface area contributed by atoms with Crippen LogP contribution in [0.4, 0.5) is 0 Å². The van der Waals surface area contributed by atoms with E-state index < -0.39 is 6.04 Å². The molecule has 3 aliphatic rings. The van der Waals surface area contributed by atoms with E-state index in [1.807, 2.05) is 18.7 Å². The molecular weight excluding hydrogens is 294 g/mol. The van der Waals surface area contributed by atoms with Crippen molar-refractivity contribution in [3.63, 3.8) is 0 Å². The maximum atomic E-state index is 13.2. The zero-order valence-corrected chi connectivity index (χ0v) is 14.2. The van der Waals surface area contributed by atoms with Gasteiger partial charge in [-0.25, -0.2) is 0 Å². The first kappa shape index (κ1) is 16.7. The zero-order chi connectivity index (χ0) is 16.6. The van der Waals surface area contributed by atoms with E-state index in [9.17, 15) is 9.59 Å². The Labute approximate surface area is 138 Å². The van der Waals surface area contributed by atoms with Crippen LogP contribution in [0.1, 0.15) is 39.5 Å². The van der Waals surface area contributed by atoms with Crippen molar-refractivity contribution >= 4 is 11.8 Å². The number of amides is 2. The SMILES string of the molecule is CC[C@H](C)[C@H](NC(=O)CN)C(=O)N1CC2(CCC2)[C@@H]2COC[C@@H]21. The third kappa shape index (κ3) is 2.76. The molecule has 2 aliphatic heterocycles. The van der Waals surface area contributed by atoms with Crippen molar-refractivity contribution in [3.8, 4) is 0 Å². The van der Waals surface area contributed by atoms with Crippen LogP contribution in [0.3, 0.4) is 0 Å². The molecule has 2 saturated heterocycles. The number of nitrogens with two attached hydrogens (primary N) is 1. The van der Waals surface area contributed by atoms with Gasteiger partial charge >= 0.3 is 0 Å². The molecule has 3 fully saturated rings. The second-order valence-electron chi connectivity index (χ2n) is 7.53. The lowest BCUT2D eigenvalue weighted by atomic mass is 9.62. The number of ether oxygens (including phenoxy) is 1. The summed E-state index contributed by atoms with van der Waals surface area (Å²) in [6.45, 7) is 6.21. The molecule has 23 heavy (non-hydrogen) atoms. The van der Waals surface area contributed by atoms with Gasteiger partial charge in [0.15, 0.2) is 0 Å². The molecule has 6 heteroatoms. The monoisotopic (exact) mass is 323 g/mol. The Hall–Kier alpha value is -1.14. The normalized spacial score (nSPS) is 30.7. The molecule has 0 aromatic heterocycles. The first-order valence-electron chi connectivity index (χ1n) is 8.90. The van der Waals surface area contributed by atoms with Gasteiger partial charge in [0.05, 0.1) is 25.8 Å². The maximum absolute atomic E-state index is 13.2. The molecule has 2 amide bonds. The van der Waals surface area contributed by atoms with Crippen LogP contribution in [0.15, 0.2) is 0 Å². The van der Waals surface area contributed by atoms with Gasteiger partial charge in [-0.1, -0.05) is 26.7 Å². The summed E-state index contributed by atoms with van der Waals surface area (Å²) >= 11 is 0. The Balaban J connectivity index is 1.78. The van der Waals surface area contributed by atoms with E-state index in [-0.39, 0.29) is 35.7 Å². The third-order valence-electron chi connectivity index (χ3n) is 6.34. The predicted molar refractivity (Wildman–Crippen MR) is 86.5 cm³/mol. The highest BCUT2D eigenvalue weighted by molar-refractivity contribution is 5.89. The second-order valence-corrected chi connectivity index (χ2v) is 7.53. The van der Waals surface area contributed by atoms with Gasteiger partial charge in [0.25, 0.3) is 0 Å². The topological polar surface area (TPSA) is 84.7 Å². The molecule has 1 aliphatic carbocycles. The summed E-state index contributed by atoms with van der Waals surface area (Å²) in [5, 5.41) is 2.84. The highest BCUT2D eigenvalue weighted by atomic mass is 16.5. The lowest BCUT2D eigenvalue weighted by Gasteiger charge is -2.42. The molecule has 6 nitrogen and oxygen atoms in total. The lowest BCUT2D eigenvalue weighted by Crippen LogP contribution is -2.54. The van der Waals surface area contributed by atoms with Gasteiger partial charge in [0.2, 0.25) is 11.8 Å². The second kappa shape index (κ2) is 6.40. The molecule has 0 aromatic rings. The van der Waals surface area contributed by atoms with Crippen molar-refractivity contribution in [1.29, 1.82) is 0 Å². The van der Waals surface area contributed by atoms with Gasteiger partial charge in [0, 0.05) is 12.5 Å². The summed E-state index contributed by atoms with van der Waals surface area (Å²) in [6, 6.07) is -0.295. The van der Waals surface area contributed by atoms with Crippen LogP contribution in [0, 0.1) is 17.3 Å². The van der Waals surface area contributed by atoms with E-state index in [0.29, 0.717) is 12.5 Å². The van der Waals surface area contributed by atoms with Crippen LogP contribution in [-0.4, -0.2) is 55.1 Å².